The van der Waals surface area contributed by atoms with Crippen LogP contribution in [0, 0.1) is 0 Å². The lowest BCUT2D eigenvalue weighted by Crippen LogP contribution is -2.41. The van der Waals surface area contributed by atoms with Gasteiger partial charge in [-0.3, -0.25) is 0 Å². The molecule has 0 fully saturated rings. The first kappa shape index (κ1) is 14.0. The lowest BCUT2D eigenvalue weighted by Gasteiger charge is -2.31. The van der Waals surface area contributed by atoms with Crippen molar-refractivity contribution in [1.82, 2.24) is 0 Å². The number of nitrogens with two attached hydrogens (primary N) is 1. The van der Waals surface area contributed by atoms with Crippen LogP contribution in [-0.4, -0.2) is 12.5 Å². The number of hydrogen-bond acceptors (Lipinski definition) is 4. The maximum Gasteiger partial charge on any atom is 0.336 e. The lowest BCUT2D eigenvalue weighted by atomic mass is 10.1. The van der Waals surface area contributed by atoms with Crippen molar-refractivity contribution in [2.75, 3.05) is 6.54 Å². The van der Waals surface area contributed by atoms with E-state index in [-0.39, 0.29) is 12.1 Å². The minimum atomic E-state index is -1.36. The fourth-order valence-electron chi connectivity index (χ4n) is 1.42. The third kappa shape index (κ3) is 2.99. The lowest BCUT2D eigenvalue weighted by molar-refractivity contribution is -0.209. The smallest absolute Gasteiger partial charge is 0.336 e. The Kier molecular flexibility index (Phi) is 4.68. The van der Waals surface area contributed by atoms with Gasteiger partial charge in [0.25, 0.3) is 5.79 Å². The number of carbonyl (C=O) groups is 1. The second-order valence-corrected chi connectivity index (χ2v) is 3.78. The van der Waals surface area contributed by atoms with Crippen molar-refractivity contribution in [3.8, 4) is 0 Å². The van der Waals surface area contributed by atoms with Gasteiger partial charge < -0.3 is 15.2 Å². The number of hydrogen-bond donors (Lipinski definition) is 1. The zero-order valence-electron chi connectivity index (χ0n) is 10.4. The summed E-state index contributed by atoms with van der Waals surface area (Å²) in [6, 6.07) is 8.99. The van der Waals surface area contributed by atoms with Gasteiger partial charge in [-0.2, -0.15) is 0 Å². The molecule has 1 aromatic carbocycles. The Hall–Kier alpha value is -2.07. The van der Waals surface area contributed by atoms with Crippen LogP contribution in [0.5, 0.6) is 0 Å². The van der Waals surface area contributed by atoms with Crippen LogP contribution < -0.4 is 5.73 Å². The molecule has 0 saturated carbocycles. The SMILES string of the molecule is C=COC(CN)(OC(=O)C(=C)C)c1ccccc1. The molecule has 1 unspecified atom stereocenters. The maximum atomic E-state index is 11.7. The summed E-state index contributed by atoms with van der Waals surface area (Å²) in [7, 11) is 0. The topological polar surface area (TPSA) is 61.6 Å². The molecule has 0 aromatic heterocycles. The predicted molar refractivity (Wildman–Crippen MR) is 69.4 cm³/mol. The molecule has 0 amide bonds. The van der Waals surface area contributed by atoms with Crippen LogP contribution in [0.3, 0.4) is 0 Å². The van der Waals surface area contributed by atoms with Gasteiger partial charge in [0, 0.05) is 11.1 Å². The quantitative estimate of drug-likeness (QED) is 0.362. The van der Waals surface area contributed by atoms with Gasteiger partial charge in [0.05, 0.1) is 12.8 Å². The Bertz CT molecular complexity index is 442. The summed E-state index contributed by atoms with van der Waals surface area (Å²) >= 11 is 0. The first-order valence-electron chi connectivity index (χ1n) is 5.49. The molecule has 0 spiro atoms. The molecule has 4 nitrogen and oxygen atoms in total. The van der Waals surface area contributed by atoms with E-state index in [1.165, 1.54) is 6.26 Å². The number of benzene rings is 1. The average Bonchev–Trinajstić information content (AvgIpc) is 2.39. The van der Waals surface area contributed by atoms with Crippen molar-refractivity contribution in [2.24, 2.45) is 5.73 Å². The molecule has 18 heavy (non-hydrogen) atoms. The summed E-state index contributed by atoms with van der Waals surface area (Å²) < 4.78 is 10.7. The van der Waals surface area contributed by atoms with Crippen LogP contribution >= 0.6 is 0 Å². The van der Waals surface area contributed by atoms with Gasteiger partial charge in [-0.05, 0) is 6.92 Å². The van der Waals surface area contributed by atoms with Crippen molar-refractivity contribution >= 4 is 5.97 Å². The van der Waals surface area contributed by atoms with E-state index in [1.807, 2.05) is 6.07 Å². The van der Waals surface area contributed by atoms with Gasteiger partial charge in [0.15, 0.2) is 0 Å². The minimum absolute atomic E-state index is 0.0257. The summed E-state index contributed by atoms with van der Waals surface area (Å²) in [5, 5.41) is 0. The fourth-order valence-corrected chi connectivity index (χ4v) is 1.42. The molecule has 0 aliphatic rings. The molecule has 4 heteroatoms. The van der Waals surface area contributed by atoms with E-state index in [0.717, 1.165) is 0 Å². The van der Waals surface area contributed by atoms with Crippen LogP contribution in [0.2, 0.25) is 0 Å². The van der Waals surface area contributed by atoms with Gasteiger partial charge in [-0.15, -0.1) is 0 Å². The second kappa shape index (κ2) is 6.02. The van der Waals surface area contributed by atoms with Crippen LogP contribution in [0.25, 0.3) is 0 Å². The third-order valence-corrected chi connectivity index (χ3v) is 2.36. The molecule has 96 valence electrons. The van der Waals surface area contributed by atoms with Crippen LogP contribution in [0.4, 0.5) is 0 Å². The zero-order valence-corrected chi connectivity index (χ0v) is 10.4. The number of esters is 1. The zero-order chi connectivity index (χ0) is 13.6. The highest BCUT2D eigenvalue weighted by atomic mass is 16.7. The van der Waals surface area contributed by atoms with E-state index in [4.69, 9.17) is 15.2 Å². The van der Waals surface area contributed by atoms with E-state index < -0.39 is 11.8 Å². The van der Waals surface area contributed by atoms with Gasteiger partial charge in [-0.1, -0.05) is 43.5 Å². The summed E-state index contributed by atoms with van der Waals surface area (Å²) in [6.07, 6.45) is 1.20. The highest BCUT2D eigenvalue weighted by Gasteiger charge is 2.36. The maximum absolute atomic E-state index is 11.7. The van der Waals surface area contributed by atoms with Crippen molar-refractivity contribution in [2.45, 2.75) is 12.7 Å². The Morgan fingerprint density at radius 2 is 2.06 bits per heavy atom. The first-order valence-corrected chi connectivity index (χ1v) is 5.49. The van der Waals surface area contributed by atoms with E-state index >= 15 is 0 Å². The fraction of sp³-hybridized carbons (Fsp3) is 0.214. The van der Waals surface area contributed by atoms with Gasteiger partial charge in [-0.25, -0.2) is 4.79 Å². The highest BCUT2D eigenvalue weighted by Crippen LogP contribution is 2.27. The summed E-state index contributed by atoms with van der Waals surface area (Å²) in [4.78, 5) is 11.7. The molecule has 0 heterocycles. The van der Waals surface area contributed by atoms with Crippen LogP contribution in [0.1, 0.15) is 12.5 Å². The van der Waals surface area contributed by atoms with Crippen molar-refractivity contribution in [3.63, 3.8) is 0 Å². The Morgan fingerprint density at radius 3 is 2.50 bits per heavy atom. The number of carbonyl (C=O) groups excluding carboxylic acids is 1. The van der Waals surface area contributed by atoms with E-state index in [9.17, 15) is 4.79 Å². The Balaban J connectivity index is 3.13. The minimum Gasteiger partial charge on any atom is -0.455 e. The normalized spacial score (nSPS) is 13.2. The molecule has 1 aromatic rings. The Morgan fingerprint density at radius 1 is 1.44 bits per heavy atom. The van der Waals surface area contributed by atoms with Gasteiger partial charge in [0.1, 0.15) is 0 Å². The third-order valence-electron chi connectivity index (χ3n) is 2.36. The van der Waals surface area contributed by atoms with E-state index in [1.54, 1.807) is 31.2 Å². The average molecular weight is 247 g/mol. The molecule has 0 aliphatic carbocycles. The molecule has 0 saturated heterocycles. The molecule has 2 N–H and O–H groups in total. The Labute approximate surface area is 107 Å². The van der Waals surface area contributed by atoms with E-state index in [0.29, 0.717) is 5.56 Å². The van der Waals surface area contributed by atoms with Crippen LogP contribution in [0.15, 0.2) is 55.3 Å². The van der Waals surface area contributed by atoms with Crippen molar-refractivity contribution in [1.29, 1.82) is 0 Å². The van der Waals surface area contributed by atoms with Gasteiger partial charge >= 0.3 is 5.97 Å². The number of rotatable bonds is 6. The molecular weight excluding hydrogens is 230 g/mol. The number of ether oxygens (including phenoxy) is 2. The summed E-state index contributed by atoms with van der Waals surface area (Å²) in [5.74, 6) is -1.93. The monoisotopic (exact) mass is 247 g/mol. The summed E-state index contributed by atoms with van der Waals surface area (Å²) in [6.45, 7) is 8.54. The second-order valence-electron chi connectivity index (χ2n) is 3.78. The van der Waals surface area contributed by atoms with E-state index in [2.05, 4.69) is 13.2 Å². The molecular formula is C14H17NO3. The largest absolute Gasteiger partial charge is 0.455 e. The molecule has 1 rings (SSSR count). The standard InChI is InChI=1S/C14H17NO3/c1-4-17-14(10-15,18-13(16)11(2)3)12-8-6-5-7-9-12/h4-9H,1-2,10,15H2,3H3. The molecule has 0 aliphatic heterocycles. The van der Waals surface area contributed by atoms with Crippen molar-refractivity contribution in [3.05, 3.63) is 60.9 Å². The molecule has 0 bridgehead atoms. The predicted octanol–water partition coefficient (Wildman–Crippen LogP) is 2.08. The highest BCUT2D eigenvalue weighted by molar-refractivity contribution is 5.87. The first-order chi connectivity index (χ1) is 8.55. The summed E-state index contributed by atoms with van der Waals surface area (Å²) in [5.41, 5.74) is 6.61. The molecule has 1 atom stereocenters. The van der Waals surface area contributed by atoms with Crippen LogP contribution in [-0.2, 0) is 20.1 Å². The van der Waals surface area contributed by atoms with Crippen molar-refractivity contribution < 1.29 is 14.3 Å². The molecule has 0 radical (unpaired) electrons. The van der Waals surface area contributed by atoms with Gasteiger partial charge in [0.2, 0.25) is 0 Å².